The van der Waals surface area contributed by atoms with E-state index in [2.05, 4.69) is 9.88 Å². The van der Waals surface area contributed by atoms with Crippen LogP contribution in [0, 0.1) is 20.8 Å². The molecule has 0 aliphatic carbocycles. The maximum absolute atomic E-state index is 12.4. The van der Waals surface area contributed by atoms with Gasteiger partial charge in [-0.05, 0) is 68.4 Å². The standard InChI is InChI=1S/C19H18ClN3O2S/c1-10-5-6-14(20)9-16(10)23-11(2)7-13(12(23)3)8-15-17(24)21-19(26)22(4)18(15)25/h5-9H,1-4H3,(H,21,24,26)/b15-8+. The normalized spacial score (nSPS) is 16.4. The summed E-state index contributed by atoms with van der Waals surface area (Å²) in [6.45, 7) is 5.93. The number of carbonyl (C=O) groups is 2. The van der Waals surface area contributed by atoms with E-state index in [1.807, 2.05) is 45.0 Å². The predicted molar refractivity (Wildman–Crippen MR) is 106 cm³/mol. The van der Waals surface area contributed by atoms with Crippen LogP contribution in [0.1, 0.15) is 22.5 Å². The fourth-order valence-corrected chi connectivity index (χ4v) is 3.37. The van der Waals surface area contributed by atoms with Crippen LogP contribution in [0.2, 0.25) is 5.02 Å². The van der Waals surface area contributed by atoms with Gasteiger partial charge in [0, 0.05) is 29.1 Å². The molecule has 3 rings (SSSR count). The summed E-state index contributed by atoms with van der Waals surface area (Å²) in [4.78, 5) is 25.9. The van der Waals surface area contributed by atoms with Gasteiger partial charge in [-0.25, -0.2) is 0 Å². The Balaban J connectivity index is 2.12. The molecule has 1 aromatic carbocycles. The van der Waals surface area contributed by atoms with E-state index >= 15 is 0 Å². The van der Waals surface area contributed by atoms with Gasteiger partial charge < -0.3 is 4.57 Å². The van der Waals surface area contributed by atoms with Crippen molar-refractivity contribution in [1.82, 2.24) is 14.8 Å². The lowest BCUT2D eigenvalue weighted by atomic mass is 10.1. The highest BCUT2D eigenvalue weighted by Crippen LogP contribution is 2.27. The molecule has 0 saturated carbocycles. The molecule has 2 aromatic rings. The van der Waals surface area contributed by atoms with Crippen LogP contribution in [0.25, 0.3) is 11.8 Å². The average Bonchev–Trinajstić information content (AvgIpc) is 2.85. The van der Waals surface area contributed by atoms with Gasteiger partial charge in [0.15, 0.2) is 5.11 Å². The number of benzene rings is 1. The molecule has 0 atom stereocenters. The highest BCUT2D eigenvalue weighted by atomic mass is 35.5. The van der Waals surface area contributed by atoms with Crippen molar-refractivity contribution in [1.29, 1.82) is 0 Å². The summed E-state index contributed by atoms with van der Waals surface area (Å²) in [5.41, 5.74) is 4.79. The van der Waals surface area contributed by atoms with Crippen molar-refractivity contribution in [2.75, 3.05) is 7.05 Å². The minimum Gasteiger partial charge on any atom is -0.318 e. The molecule has 1 aliphatic rings. The van der Waals surface area contributed by atoms with E-state index in [0.717, 1.165) is 28.2 Å². The van der Waals surface area contributed by atoms with Crippen molar-refractivity contribution in [2.24, 2.45) is 0 Å². The second-order valence-corrected chi connectivity index (χ2v) is 7.10. The molecule has 134 valence electrons. The lowest BCUT2D eigenvalue weighted by molar-refractivity contribution is -0.128. The van der Waals surface area contributed by atoms with E-state index in [0.29, 0.717) is 5.02 Å². The molecule has 1 aliphatic heterocycles. The summed E-state index contributed by atoms with van der Waals surface area (Å²) < 4.78 is 2.06. The number of carbonyl (C=O) groups excluding carboxylic acids is 2. The first kappa shape index (κ1) is 18.4. The fourth-order valence-electron chi connectivity index (χ4n) is 3.03. The monoisotopic (exact) mass is 387 g/mol. The van der Waals surface area contributed by atoms with Gasteiger partial charge in [0.1, 0.15) is 5.57 Å². The second-order valence-electron chi connectivity index (χ2n) is 6.27. The van der Waals surface area contributed by atoms with E-state index in [1.54, 1.807) is 6.08 Å². The van der Waals surface area contributed by atoms with Crippen LogP contribution in [-0.2, 0) is 9.59 Å². The first-order chi connectivity index (χ1) is 12.2. The molecule has 1 fully saturated rings. The van der Waals surface area contributed by atoms with Crippen molar-refractivity contribution < 1.29 is 9.59 Å². The summed E-state index contributed by atoms with van der Waals surface area (Å²) in [6, 6.07) is 7.65. The third-order valence-corrected chi connectivity index (χ3v) is 5.10. The van der Waals surface area contributed by atoms with E-state index in [-0.39, 0.29) is 10.7 Å². The lowest BCUT2D eigenvalue weighted by Gasteiger charge is -2.25. The quantitative estimate of drug-likeness (QED) is 0.488. The van der Waals surface area contributed by atoms with E-state index < -0.39 is 11.8 Å². The molecule has 1 aromatic heterocycles. The molecule has 0 spiro atoms. The van der Waals surface area contributed by atoms with Gasteiger partial charge >= 0.3 is 0 Å². The summed E-state index contributed by atoms with van der Waals surface area (Å²) in [7, 11) is 1.54. The Morgan fingerprint density at radius 1 is 1.15 bits per heavy atom. The number of thiocarbonyl (C=S) groups is 1. The van der Waals surface area contributed by atoms with Gasteiger partial charge in [0.2, 0.25) is 0 Å². The number of hydrogen-bond acceptors (Lipinski definition) is 3. The Morgan fingerprint density at radius 2 is 1.85 bits per heavy atom. The molecule has 0 bridgehead atoms. The molecular formula is C19H18ClN3O2S. The van der Waals surface area contributed by atoms with Gasteiger partial charge in [-0.3, -0.25) is 19.8 Å². The summed E-state index contributed by atoms with van der Waals surface area (Å²) >= 11 is 11.1. The van der Waals surface area contributed by atoms with Crippen LogP contribution in [0.15, 0.2) is 29.8 Å². The van der Waals surface area contributed by atoms with Crippen LogP contribution < -0.4 is 5.32 Å². The molecule has 26 heavy (non-hydrogen) atoms. The topological polar surface area (TPSA) is 54.3 Å². The van der Waals surface area contributed by atoms with Crippen molar-refractivity contribution >= 4 is 46.8 Å². The van der Waals surface area contributed by atoms with Crippen LogP contribution in [-0.4, -0.2) is 33.4 Å². The number of nitrogens with zero attached hydrogens (tertiary/aromatic N) is 2. The summed E-state index contributed by atoms with van der Waals surface area (Å²) in [5, 5.41) is 3.28. The van der Waals surface area contributed by atoms with Gasteiger partial charge in [0.25, 0.3) is 11.8 Å². The Morgan fingerprint density at radius 3 is 2.54 bits per heavy atom. The first-order valence-corrected chi connectivity index (χ1v) is 8.80. The van der Waals surface area contributed by atoms with Crippen LogP contribution in [0.5, 0.6) is 0 Å². The zero-order valence-corrected chi connectivity index (χ0v) is 16.5. The molecule has 1 saturated heterocycles. The fraction of sp³-hybridized carbons (Fsp3) is 0.211. The minimum atomic E-state index is -0.484. The van der Waals surface area contributed by atoms with Crippen molar-refractivity contribution in [3.8, 4) is 5.69 Å². The molecule has 0 radical (unpaired) electrons. The maximum Gasteiger partial charge on any atom is 0.265 e. The van der Waals surface area contributed by atoms with E-state index in [9.17, 15) is 9.59 Å². The number of hydrogen-bond donors (Lipinski definition) is 1. The van der Waals surface area contributed by atoms with Gasteiger partial charge in [0.05, 0.1) is 0 Å². The third kappa shape index (κ3) is 3.06. The van der Waals surface area contributed by atoms with Gasteiger partial charge in [-0.1, -0.05) is 17.7 Å². The first-order valence-electron chi connectivity index (χ1n) is 8.01. The average molecular weight is 388 g/mol. The largest absolute Gasteiger partial charge is 0.318 e. The number of halogens is 1. The molecule has 1 N–H and O–H groups in total. The number of aryl methyl sites for hydroxylation is 2. The van der Waals surface area contributed by atoms with E-state index in [1.165, 1.54) is 11.9 Å². The molecule has 5 nitrogen and oxygen atoms in total. The minimum absolute atomic E-state index is 0.0594. The summed E-state index contributed by atoms with van der Waals surface area (Å²) in [6.07, 6.45) is 1.61. The second kappa shape index (κ2) is 6.70. The zero-order valence-electron chi connectivity index (χ0n) is 14.9. The zero-order chi connectivity index (χ0) is 19.2. The maximum atomic E-state index is 12.4. The Labute approximate surface area is 162 Å². The van der Waals surface area contributed by atoms with Crippen LogP contribution in [0.4, 0.5) is 0 Å². The molecule has 2 heterocycles. The SMILES string of the molecule is Cc1ccc(Cl)cc1-n1c(C)cc(/C=C2\C(=O)NC(=S)N(C)C2=O)c1C. The highest BCUT2D eigenvalue weighted by molar-refractivity contribution is 7.80. The van der Waals surface area contributed by atoms with Crippen LogP contribution >= 0.6 is 23.8 Å². The summed E-state index contributed by atoms with van der Waals surface area (Å²) in [5.74, 6) is -0.899. The lowest BCUT2D eigenvalue weighted by Crippen LogP contribution is -2.52. The number of likely N-dealkylation sites (N-methyl/N-ethyl adjacent to an activating group) is 1. The van der Waals surface area contributed by atoms with Crippen molar-refractivity contribution in [3.05, 3.63) is 57.4 Å². The van der Waals surface area contributed by atoms with Gasteiger partial charge in [-0.15, -0.1) is 0 Å². The Hall–Kier alpha value is -2.44. The highest BCUT2D eigenvalue weighted by Gasteiger charge is 2.31. The molecular weight excluding hydrogens is 370 g/mol. The Kier molecular flexibility index (Phi) is 4.73. The smallest absolute Gasteiger partial charge is 0.265 e. The van der Waals surface area contributed by atoms with E-state index in [4.69, 9.17) is 23.8 Å². The number of nitrogens with one attached hydrogen (secondary N) is 1. The van der Waals surface area contributed by atoms with Crippen molar-refractivity contribution in [2.45, 2.75) is 20.8 Å². The van der Waals surface area contributed by atoms with Gasteiger partial charge in [-0.2, -0.15) is 0 Å². The molecule has 2 amide bonds. The van der Waals surface area contributed by atoms with Crippen molar-refractivity contribution in [3.63, 3.8) is 0 Å². The molecule has 0 unspecified atom stereocenters. The number of rotatable bonds is 2. The van der Waals surface area contributed by atoms with Crippen LogP contribution in [0.3, 0.4) is 0 Å². The number of aromatic nitrogens is 1. The Bertz CT molecular complexity index is 991. The number of amides is 2. The predicted octanol–water partition coefficient (Wildman–Crippen LogP) is 3.31. The molecule has 7 heteroatoms. The third-order valence-electron chi connectivity index (χ3n) is 4.49.